The van der Waals surface area contributed by atoms with Crippen LogP contribution in [0.1, 0.15) is 26.0 Å². The highest BCUT2D eigenvalue weighted by molar-refractivity contribution is 7.84. The summed E-state index contributed by atoms with van der Waals surface area (Å²) in [6.45, 7) is 3.25. The zero-order valence-electron chi connectivity index (χ0n) is 24.4. The molecule has 4 rings (SSSR count). The molecule has 0 aliphatic carbocycles. The fourth-order valence-electron chi connectivity index (χ4n) is 4.33. The highest BCUT2D eigenvalue weighted by atomic mass is 32.2. The number of aryl methyl sites for hydroxylation is 2. The number of carbonyl (C=O) groups is 3. The number of ether oxygens (including phenoxy) is 1. The van der Waals surface area contributed by atoms with Crippen LogP contribution >= 0.6 is 11.3 Å². The number of nitrogens with two attached hydrogens (primary N) is 2. The number of rotatable bonds is 14. The first kappa shape index (κ1) is 33.3. The van der Waals surface area contributed by atoms with E-state index in [9.17, 15) is 32.5 Å². The van der Waals surface area contributed by atoms with Crippen molar-refractivity contribution < 1.29 is 46.7 Å². The number of hydrogen-bond donors (Lipinski definition) is 4. The van der Waals surface area contributed by atoms with Crippen LogP contribution in [0.25, 0.3) is 11.1 Å². The number of aromatic nitrogens is 3. The average molecular weight is 665 g/mol. The minimum absolute atomic E-state index is 0.0517. The Bertz CT molecular complexity index is 1720. The van der Waals surface area contributed by atoms with Crippen LogP contribution in [0.15, 0.2) is 47.2 Å². The Hall–Kier alpha value is -4.59. The summed E-state index contributed by atoms with van der Waals surface area (Å²) in [4.78, 5) is 46.8. The van der Waals surface area contributed by atoms with Gasteiger partial charge >= 0.3 is 5.97 Å². The van der Waals surface area contributed by atoms with Gasteiger partial charge in [0.1, 0.15) is 24.1 Å². The number of carboxylic acids is 1. The molecule has 3 aromatic rings. The van der Waals surface area contributed by atoms with Crippen LogP contribution in [-0.4, -0.2) is 86.4 Å². The summed E-state index contributed by atoms with van der Waals surface area (Å²) in [7, 11) is -3.15. The lowest BCUT2D eigenvalue weighted by molar-refractivity contribution is -0.753. The molecule has 0 spiro atoms. The number of nitrogens with one attached hydrogen (secondary N) is 1. The van der Waals surface area contributed by atoms with Crippen molar-refractivity contribution in [2.75, 3.05) is 18.9 Å². The topological polar surface area (TPSA) is 248 Å². The van der Waals surface area contributed by atoms with Crippen molar-refractivity contribution in [3.05, 3.63) is 47.7 Å². The summed E-state index contributed by atoms with van der Waals surface area (Å²) in [5, 5.41) is 17.3. The second-order valence-corrected chi connectivity index (χ2v) is 12.5. The Labute approximate surface area is 261 Å². The zero-order chi connectivity index (χ0) is 33.1. The van der Waals surface area contributed by atoms with E-state index >= 15 is 0 Å². The van der Waals surface area contributed by atoms with E-state index in [-0.39, 0.29) is 15.1 Å². The maximum atomic E-state index is 13.1. The first-order chi connectivity index (χ1) is 21.1. The molecular formula is C26H32N8O9S2. The Morgan fingerprint density at radius 3 is 2.53 bits per heavy atom. The quantitative estimate of drug-likeness (QED) is 0.0543. The third-order valence-electron chi connectivity index (χ3n) is 6.95. The maximum Gasteiger partial charge on any atom is 0.354 e. The molecular weight excluding hydrogens is 632 g/mol. The second-order valence-electron chi connectivity index (χ2n) is 10.3. The summed E-state index contributed by atoms with van der Waals surface area (Å²) in [6, 6.07) is 4.41. The molecule has 45 heavy (non-hydrogen) atoms. The SMILES string of the molecule is C[C@@H]1[C@H](NC(=O)/C(=N\O[C@@](C)(COc2ccc(-c3cn(CCCN)[n+](C)c3)cc2)C(=O)O)c2csc(N)n2)C(=O)N1S(=O)(=O)[O-]. The molecule has 3 heterocycles. The van der Waals surface area contributed by atoms with Gasteiger partial charge in [-0.3, -0.25) is 9.59 Å². The lowest BCUT2D eigenvalue weighted by Crippen LogP contribution is -2.71. The Morgan fingerprint density at radius 1 is 1.29 bits per heavy atom. The smallest absolute Gasteiger partial charge is 0.354 e. The van der Waals surface area contributed by atoms with Crippen molar-refractivity contribution in [2.24, 2.45) is 17.9 Å². The maximum absolute atomic E-state index is 13.1. The van der Waals surface area contributed by atoms with Gasteiger partial charge in [-0.2, -0.15) is 4.68 Å². The van der Waals surface area contributed by atoms with Crippen LogP contribution in [0.4, 0.5) is 5.13 Å². The Kier molecular flexibility index (Phi) is 9.76. The Morgan fingerprint density at radius 2 is 1.98 bits per heavy atom. The van der Waals surface area contributed by atoms with Crippen molar-refractivity contribution >= 4 is 50.3 Å². The fourth-order valence-corrected chi connectivity index (χ4v) is 5.74. The molecule has 2 amide bonds. The lowest BCUT2D eigenvalue weighted by Gasteiger charge is -2.45. The molecule has 1 aromatic carbocycles. The number of hydrogen-bond acceptors (Lipinski definition) is 13. The van der Waals surface area contributed by atoms with Gasteiger partial charge in [0, 0.05) is 5.38 Å². The predicted octanol–water partition coefficient (Wildman–Crippen LogP) is -0.814. The number of carboxylic acid groups (broad SMARTS) is 1. The highest BCUT2D eigenvalue weighted by Gasteiger charge is 2.49. The molecule has 3 atom stereocenters. The van der Waals surface area contributed by atoms with Crippen LogP contribution in [0, 0.1) is 0 Å². The van der Waals surface area contributed by atoms with Crippen LogP contribution in [-0.2, 0) is 43.1 Å². The number of aliphatic carboxylic acids is 1. The largest absolute Gasteiger partial charge is 0.731 e. The molecule has 0 unspecified atom stereocenters. The van der Waals surface area contributed by atoms with Gasteiger partial charge in [0.15, 0.2) is 28.2 Å². The monoisotopic (exact) mass is 664 g/mol. The van der Waals surface area contributed by atoms with Crippen LogP contribution < -0.4 is 26.2 Å². The average Bonchev–Trinajstić information content (AvgIpc) is 3.58. The zero-order valence-corrected chi connectivity index (χ0v) is 26.1. The van der Waals surface area contributed by atoms with Gasteiger partial charge in [-0.1, -0.05) is 17.3 Å². The number of nitrogen functional groups attached to an aromatic ring is 1. The number of anilines is 1. The summed E-state index contributed by atoms with van der Waals surface area (Å²) in [6.07, 6.45) is 4.79. The molecule has 1 saturated heterocycles. The molecule has 2 aromatic heterocycles. The number of carbonyl (C=O) groups excluding carboxylic acids is 2. The standard InChI is InChI=1S/C26H32N8O9S2/c1-15-20(23(36)34(15)45(39,40)41)30-22(35)21(19-13-44-25(28)29-19)31-43-26(2,24(37)38)14-42-18-7-5-16(6-8-18)17-11-32(3)33(12-17)10-4-9-27/h5-8,11-13,15,20H,4,9-10,14,27H2,1-3H3,(H4-,28,29,30,35,37,38,39,40,41)/b31-21-/t15-,20+,26+/m1/s1. The summed E-state index contributed by atoms with van der Waals surface area (Å²) < 4.78 is 43.7. The van der Waals surface area contributed by atoms with Gasteiger partial charge in [0.2, 0.25) is 6.20 Å². The minimum Gasteiger partial charge on any atom is -0.731 e. The minimum atomic E-state index is -5.08. The number of nitrogens with zero attached hydrogens (tertiary/aromatic N) is 5. The third kappa shape index (κ3) is 7.39. The summed E-state index contributed by atoms with van der Waals surface area (Å²) in [5.41, 5.74) is 10.4. The van der Waals surface area contributed by atoms with E-state index in [0.29, 0.717) is 12.3 Å². The number of oxime groups is 1. The van der Waals surface area contributed by atoms with E-state index in [1.807, 2.05) is 40.9 Å². The highest BCUT2D eigenvalue weighted by Crippen LogP contribution is 2.25. The predicted molar refractivity (Wildman–Crippen MR) is 158 cm³/mol. The normalized spacial score (nSPS) is 18.2. The summed E-state index contributed by atoms with van der Waals surface area (Å²) in [5.74, 6) is -3.32. The number of β-lactam (4-membered cyclic amide) rings is 1. The van der Waals surface area contributed by atoms with E-state index in [2.05, 4.69) is 15.5 Å². The van der Waals surface area contributed by atoms with Crippen LogP contribution in [0.2, 0.25) is 0 Å². The van der Waals surface area contributed by atoms with Gasteiger partial charge in [0.25, 0.3) is 17.4 Å². The van der Waals surface area contributed by atoms with Crippen molar-refractivity contribution in [1.82, 2.24) is 19.3 Å². The van der Waals surface area contributed by atoms with Gasteiger partial charge in [-0.25, -0.2) is 22.5 Å². The van der Waals surface area contributed by atoms with Gasteiger partial charge < -0.3 is 36.0 Å². The molecule has 6 N–H and O–H groups in total. The van der Waals surface area contributed by atoms with Gasteiger partial charge in [0.05, 0.1) is 24.3 Å². The van der Waals surface area contributed by atoms with E-state index in [1.54, 1.807) is 12.1 Å². The van der Waals surface area contributed by atoms with Crippen molar-refractivity contribution in [3.8, 4) is 16.9 Å². The summed E-state index contributed by atoms with van der Waals surface area (Å²) >= 11 is 0.951. The molecule has 1 fully saturated rings. The molecule has 0 bridgehead atoms. The van der Waals surface area contributed by atoms with E-state index in [4.69, 9.17) is 21.0 Å². The van der Waals surface area contributed by atoms with Crippen molar-refractivity contribution in [1.29, 1.82) is 0 Å². The molecule has 17 nitrogen and oxygen atoms in total. The Balaban J connectivity index is 1.48. The molecule has 0 saturated carbocycles. The number of thiazole rings is 1. The molecule has 19 heteroatoms. The van der Waals surface area contributed by atoms with E-state index < -0.39 is 58.1 Å². The van der Waals surface area contributed by atoms with E-state index in [0.717, 1.165) is 35.4 Å². The number of amides is 2. The van der Waals surface area contributed by atoms with Crippen molar-refractivity contribution in [2.45, 2.75) is 44.5 Å². The van der Waals surface area contributed by atoms with Crippen LogP contribution in [0.5, 0.6) is 5.75 Å². The fraction of sp³-hybridized carbons (Fsp3) is 0.385. The van der Waals surface area contributed by atoms with E-state index in [1.165, 1.54) is 19.2 Å². The lowest BCUT2D eigenvalue weighted by atomic mass is 10.0. The third-order valence-corrected chi connectivity index (χ3v) is 8.61. The first-order valence-corrected chi connectivity index (χ1v) is 15.7. The molecule has 1 aliphatic rings. The van der Waals surface area contributed by atoms with Gasteiger partial charge in [-0.05, 0) is 44.5 Å². The molecule has 242 valence electrons. The molecule has 1 aliphatic heterocycles. The van der Waals surface area contributed by atoms with Crippen molar-refractivity contribution in [3.63, 3.8) is 0 Å². The molecule has 0 radical (unpaired) electrons. The van der Waals surface area contributed by atoms with Gasteiger partial charge in [-0.15, -0.1) is 16.0 Å². The second kappa shape index (κ2) is 13.2. The number of benzene rings is 1. The van der Waals surface area contributed by atoms with Crippen LogP contribution in [0.3, 0.4) is 0 Å². The first-order valence-electron chi connectivity index (χ1n) is 13.4.